The number of hydrogen-bond donors (Lipinski definition) is 2. The summed E-state index contributed by atoms with van der Waals surface area (Å²) in [4.78, 5) is 11.8. The molecule has 0 unspecified atom stereocenters. The molecular weight excluding hydrogens is 232 g/mol. The van der Waals surface area contributed by atoms with Gasteiger partial charge in [-0.3, -0.25) is 5.43 Å². The van der Waals surface area contributed by atoms with Gasteiger partial charge >= 0.3 is 6.09 Å². The summed E-state index contributed by atoms with van der Waals surface area (Å²) in [5.74, 6) is 0. The minimum absolute atomic E-state index is 0.590. The third-order valence-electron chi connectivity index (χ3n) is 3.48. The molecule has 1 aromatic rings. The van der Waals surface area contributed by atoms with Crippen molar-refractivity contribution in [3.05, 3.63) is 29.8 Å². The monoisotopic (exact) mass is 250 g/mol. The number of benzene rings is 1. The Morgan fingerprint density at radius 3 is 2.39 bits per heavy atom. The number of hydrazine groups is 1. The van der Waals surface area contributed by atoms with Gasteiger partial charge in [0.05, 0.1) is 5.69 Å². The summed E-state index contributed by atoms with van der Waals surface area (Å²) >= 11 is 0. The van der Waals surface area contributed by atoms with Gasteiger partial charge in [-0.25, -0.2) is 4.79 Å². The summed E-state index contributed by atoms with van der Waals surface area (Å²) in [5, 5.41) is 11.5. The van der Waals surface area contributed by atoms with Gasteiger partial charge in [-0.05, 0) is 39.3 Å². The van der Waals surface area contributed by atoms with Crippen LogP contribution in [0.25, 0.3) is 0 Å². The average Bonchev–Trinajstić information content (AvgIpc) is 2.40. The molecule has 0 bridgehead atoms. The zero-order valence-electron chi connectivity index (χ0n) is 11.0. The van der Waals surface area contributed by atoms with Gasteiger partial charge in [0.25, 0.3) is 0 Å². The van der Waals surface area contributed by atoms with E-state index in [4.69, 9.17) is 4.74 Å². The van der Waals surface area contributed by atoms with Crippen LogP contribution in [-0.4, -0.2) is 27.5 Å². The smallest absolute Gasteiger partial charge is 0.432 e. The molecule has 0 radical (unpaired) electrons. The molecule has 1 saturated heterocycles. The third-order valence-corrected chi connectivity index (χ3v) is 3.48. The van der Waals surface area contributed by atoms with Crippen molar-refractivity contribution in [1.29, 1.82) is 0 Å². The quantitative estimate of drug-likeness (QED) is 0.845. The van der Waals surface area contributed by atoms with Crippen molar-refractivity contribution in [2.45, 2.75) is 39.0 Å². The number of rotatable bonds is 2. The molecule has 5 heteroatoms. The first-order chi connectivity index (χ1) is 8.25. The van der Waals surface area contributed by atoms with Crippen LogP contribution >= 0.6 is 0 Å². The number of para-hydroxylation sites is 1. The van der Waals surface area contributed by atoms with Crippen LogP contribution in [0.1, 0.15) is 26.3 Å². The van der Waals surface area contributed by atoms with Crippen LogP contribution in [0, 0.1) is 6.92 Å². The summed E-state index contributed by atoms with van der Waals surface area (Å²) in [6, 6.07) is 7.52. The maximum atomic E-state index is 11.8. The second-order valence-electron chi connectivity index (χ2n) is 5.16. The molecule has 1 atom stereocenters. The zero-order chi connectivity index (χ0) is 13.6. The number of aryl methyl sites for hydroxylation is 1. The van der Waals surface area contributed by atoms with Gasteiger partial charge in [-0.15, -0.1) is 0 Å². The summed E-state index contributed by atoms with van der Waals surface area (Å²) < 4.78 is 5.16. The van der Waals surface area contributed by atoms with E-state index in [1.165, 1.54) is 0 Å². The van der Waals surface area contributed by atoms with Gasteiger partial charge < -0.3 is 9.84 Å². The molecule has 1 fully saturated rings. The first-order valence-corrected chi connectivity index (χ1v) is 5.83. The Hall–Kier alpha value is -1.75. The minimum Gasteiger partial charge on any atom is -0.437 e. The number of aliphatic hydroxyl groups is 1. The predicted octanol–water partition coefficient (Wildman–Crippen LogP) is 2.26. The number of hydrogen-bond acceptors (Lipinski definition) is 4. The zero-order valence-corrected chi connectivity index (χ0v) is 11.0. The number of nitrogens with one attached hydrogen (secondary N) is 1. The fourth-order valence-electron chi connectivity index (χ4n) is 1.78. The molecule has 1 aliphatic heterocycles. The molecular formula is C13H18N2O3. The molecule has 1 amide bonds. The molecule has 2 N–H and O–H groups in total. The van der Waals surface area contributed by atoms with Crippen molar-refractivity contribution in [1.82, 2.24) is 5.01 Å². The van der Waals surface area contributed by atoms with E-state index in [1.54, 1.807) is 20.8 Å². The third kappa shape index (κ3) is 1.80. The topological polar surface area (TPSA) is 61.8 Å². The summed E-state index contributed by atoms with van der Waals surface area (Å²) in [5.41, 5.74) is 2.25. The number of amides is 1. The van der Waals surface area contributed by atoms with Crippen LogP contribution in [-0.2, 0) is 4.74 Å². The second-order valence-corrected chi connectivity index (χ2v) is 5.16. The maximum absolute atomic E-state index is 11.8. The lowest BCUT2D eigenvalue weighted by atomic mass is 9.97. The lowest BCUT2D eigenvalue weighted by Gasteiger charge is -2.35. The molecule has 18 heavy (non-hydrogen) atoms. The van der Waals surface area contributed by atoms with Gasteiger partial charge in [0.2, 0.25) is 0 Å². The fraction of sp³-hybridized carbons (Fsp3) is 0.462. The average molecular weight is 250 g/mol. The van der Waals surface area contributed by atoms with Gasteiger partial charge in [0.15, 0.2) is 11.3 Å². The second kappa shape index (κ2) is 3.88. The van der Waals surface area contributed by atoms with Crippen LogP contribution in [0.4, 0.5) is 10.5 Å². The molecule has 0 spiro atoms. The predicted molar refractivity (Wildman–Crippen MR) is 67.8 cm³/mol. The standard InChI is InChI=1S/C13H18N2O3/c1-9-7-5-6-8-10(9)14-15-11(16)18-12(2,3)13(15,4)17/h5-8,14,17H,1-4H3/t13-/m0/s1. The Morgan fingerprint density at radius 1 is 1.28 bits per heavy atom. The van der Waals surface area contributed by atoms with Crippen LogP contribution in [0.5, 0.6) is 0 Å². The first kappa shape index (κ1) is 12.7. The summed E-state index contributed by atoms with van der Waals surface area (Å²) in [6.07, 6.45) is -0.590. The minimum atomic E-state index is -1.42. The maximum Gasteiger partial charge on any atom is 0.432 e. The van der Waals surface area contributed by atoms with Gasteiger partial charge in [-0.1, -0.05) is 18.2 Å². The molecule has 2 rings (SSSR count). The summed E-state index contributed by atoms with van der Waals surface area (Å²) in [6.45, 7) is 6.81. The lowest BCUT2D eigenvalue weighted by Crippen LogP contribution is -2.55. The number of nitrogens with zero attached hydrogens (tertiary/aromatic N) is 1. The molecule has 0 aromatic heterocycles. The van der Waals surface area contributed by atoms with E-state index in [-0.39, 0.29) is 0 Å². The molecule has 0 saturated carbocycles. The van der Waals surface area contributed by atoms with Crippen LogP contribution in [0.15, 0.2) is 24.3 Å². The van der Waals surface area contributed by atoms with Crippen molar-refractivity contribution in [3.8, 4) is 0 Å². The summed E-state index contributed by atoms with van der Waals surface area (Å²) in [7, 11) is 0. The molecule has 1 aliphatic rings. The Balaban J connectivity index is 2.30. The van der Waals surface area contributed by atoms with E-state index in [9.17, 15) is 9.90 Å². The van der Waals surface area contributed by atoms with Crippen molar-refractivity contribution in [2.75, 3.05) is 5.43 Å². The Morgan fingerprint density at radius 2 is 1.89 bits per heavy atom. The number of anilines is 1. The number of ether oxygens (including phenoxy) is 1. The van der Waals surface area contributed by atoms with Gasteiger partial charge in [-0.2, -0.15) is 5.01 Å². The van der Waals surface area contributed by atoms with E-state index < -0.39 is 17.4 Å². The number of carbonyl (C=O) groups is 1. The number of carbonyl (C=O) groups excluding carboxylic acids is 1. The molecule has 5 nitrogen and oxygen atoms in total. The van der Waals surface area contributed by atoms with Gasteiger partial charge in [0, 0.05) is 0 Å². The van der Waals surface area contributed by atoms with Crippen molar-refractivity contribution in [3.63, 3.8) is 0 Å². The fourth-order valence-corrected chi connectivity index (χ4v) is 1.78. The molecule has 98 valence electrons. The number of cyclic esters (lactones) is 1. The van der Waals surface area contributed by atoms with Crippen LogP contribution < -0.4 is 5.43 Å². The van der Waals surface area contributed by atoms with Crippen molar-refractivity contribution < 1.29 is 14.6 Å². The van der Waals surface area contributed by atoms with Crippen molar-refractivity contribution >= 4 is 11.8 Å². The van der Waals surface area contributed by atoms with Crippen LogP contribution in [0.3, 0.4) is 0 Å². The van der Waals surface area contributed by atoms with Gasteiger partial charge in [0.1, 0.15) is 0 Å². The molecule has 0 aliphatic carbocycles. The highest BCUT2D eigenvalue weighted by atomic mass is 16.6. The van der Waals surface area contributed by atoms with E-state index >= 15 is 0 Å². The van der Waals surface area contributed by atoms with Crippen molar-refractivity contribution in [2.24, 2.45) is 0 Å². The SMILES string of the molecule is Cc1ccccc1NN1C(=O)OC(C)(C)[C@]1(C)O. The highest BCUT2D eigenvalue weighted by molar-refractivity contribution is 5.74. The van der Waals surface area contributed by atoms with Crippen LogP contribution in [0.2, 0.25) is 0 Å². The van der Waals surface area contributed by atoms with E-state index in [0.29, 0.717) is 0 Å². The highest BCUT2D eigenvalue weighted by Gasteiger charge is 2.57. The highest BCUT2D eigenvalue weighted by Crippen LogP contribution is 2.37. The largest absolute Gasteiger partial charge is 0.437 e. The van der Waals surface area contributed by atoms with E-state index in [1.807, 2.05) is 31.2 Å². The molecule has 1 aromatic carbocycles. The first-order valence-electron chi connectivity index (χ1n) is 5.83. The Bertz CT molecular complexity index is 483. The molecule has 1 heterocycles. The Labute approximate surface area is 106 Å². The Kier molecular flexibility index (Phi) is 2.74. The van der Waals surface area contributed by atoms with E-state index in [0.717, 1.165) is 16.3 Å². The van der Waals surface area contributed by atoms with E-state index in [2.05, 4.69) is 5.43 Å². The lowest BCUT2D eigenvalue weighted by molar-refractivity contribution is -0.121. The normalized spacial score (nSPS) is 26.1.